The van der Waals surface area contributed by atoms with E-state index in [9.17, 15) is 0 Å². The Hall–Kier alpha value is -1.04. The van der Waals surface area contributed by atoms with Gasteiger partial charge in [-0.2, -0.15) is 0 Å². The molecule has 0 heterocycles. The molecule has 0 saturated heterocycles. The van der Waals surface area contributed by atoms with Gasteiger partial charge in [-0.3, -0.25) is 0 Å². The van der Waals surface area contributed by atoms with Crippen molar-refractivity contribution in [3.8, 4) is 0 Å². The fourth-order valence-electron chi connectivity index (χ4n) is 1.02. The molecular weight excluding hydrogens is 132 g/mol. The first-order valence-corrected chi connectivity index (χ1v) is 4.00. The van der Waals surface area contributed by atoms with E-state index in [-0.39, 0.29) is 0 Å². The van der Waals surface area contributed by atoms with Crippen molar-refractivity contribution in [2.75, 3.05) is 0 Å². The molecule has 0 saturated carbocycles. The lowest BCUT2D eigenvalue weighted by molar-refractivity contribution is 0.920. The van der Waals surface area contributed by atoms with E-state index < -0.39 is 0 Å². The van der Waals surface area contributed by atoms with Crippen molar-refractivity contribution in [2.45, 2.75) is 19.8 Å². The third kappa shape index (κ3) is 2.23. The Morgan fingerprint density at radius 3 is 2.82 bits per heavy atom. The van der Waals surface area contributed by atoms with E-state index in [1.807, 2.05) is 12.1 Å². The highest BCUT2D eigenvalue weighted by Gasteiger charge is 1.89. The van der Waals surface area contributed by atoms with Crippen LogP contribution in [-0.4, -0.2) is 0 Å². The second kappa shape index (κ2) is 3.97. The number of aryl methyl sites for hydroxylation is 1. The van der Waals surface area contributed by atoms with Crippen molar-refractivity contribution < 1.29 is 0 Å². The smallest absolute Gasteiger partial charge is 0.0143 e. The largest absolute Gasteiger partial charge is 0.0985 e. The lowest BCUT2D eigenvalue weighted by atomic mass is 10.1. The third-order valence-electron chi connectivity index (χ3n) is 1.66. The molecule has 0 aliphatic carbocycles. The van der Waals surface area contributed by atoms with Crippen LogP contribution in [0.4, 0.5) is 0 Å². The van der Waals surface area contributed by atoms with Gasteiger partial charge < -0.3 is 0 Å². The van der Waals surface area contributed by atoms with Gasteiger partial charge in [-0.15, -0.1) is 0 Å². The quantitative estimate of drug-likeness (QED) is 0.613. The van der Waals surface area contributed by atoms with Crippen molar-refractivity contribution in [1.29, 1.82) is 0 Å². The van der Waals surface area contributed by atoms with Crippen LogP contribution in [0.3, 0.4) is 0 Å². The molecule has 0 unspecified atom stereocenters. The summed E-state index contributed by atoms with van der Waals surface area (Å²) in [6.07, 6.45) is 4.15. The maximum absolute atomic E-state index is 3.69. The second-order valence-corrected chi connectivity index (χ2v) is 2.60. The van der Waals surface area contributed by atoms with Crippen molar-refractivity contribution >= 4 is 6.08 Å². The minimum absolute atomic E-state index is 1.12. The molecule has 0 N–H and O–H groups in total. The molecule has 0 amide bonds. The first-order valence-electron chi connectivity index (χ1n) is 4.00. The van der Waals surface area contributed by atoms with Gasteiger partial charge in [0.05, 0.1) is 0 Å². The van der Waals surface area contributed by atoms with Crippen LogP contribution in [0, 0.1) is 6.07 Å². The van der Waals surface area contributed by atoms with E-state index >= 15 is 0 Å². The molecule has 0 spiro atoms. The van der Waals surface area contributed by atoms with Crippen LogP contribution >= 0.6 is 0 Å². The summed E-state index contributed by atoms with van der Waals surface area (Å²) in [6.45, 7) is 5.86. The van der Waals surface area contributed by atoms with Gasteiger partial charge in [0.1, 0.15) is 0 Å². The number of hydrogen-bond donors (Lipinski definition) is 0. The molecule has 0 bridgehead atoms. The fraction of sp³-hybridized carbons (Fsp3) is 0.273. The van der Waals surface area contributed by atoms with E-state index in [0.717, 1.165) is 12.0 Å². The summed E-state index contributed by atoms with van der Waals surface area (Å²) in [6, 6.07) is 9.39. The van der Waals surface area contributed by atoms with E-state index in [0.29, 0.717) is 0 Å². The molecule has 1 radical (unpaired) electrons. The molecule has 1 aromatic rings. The standard InChI is InChI=1S/C11H13/c1-3-5-11-8-6-10(4-2)7-9-11/h4,6-8H,2-3,5H2,1H3. The fourth-order valence-corrected chi connectivity index (χ4v) is 1.02. The first kappa shape index (κ1) is 8.06. The Morgan fingerprint density at radius 2 is 2.36 bits per heavy atom. The Kier molecular flexibility index (Phi) is 2.91. The van der Waals surface area contributed by atoms with Crippen LogP contribution in [0.25, 0.3) is 6.08 Å². The van der Waals surface area contributed by atoms with Crippen LogP contribution in [-0.2, 0) is 6.42 Å². The molecule has 0 aliphatic rings. The molecule has 1 rings (SSSR count). The van der Waals surface area contributed by atoms with Gasteiger partial charge >= 0.3 is 0 Å². The predicted molar refractivity (Wildman–Crippen MR) is 49.4 cm³/mol. The molecule has 0 aliphatic heterocycles. The molecule has 0 fully saturated rings. The van der Waals surface area contributed by atoms with Crippen molar-refractivity contribution in [3.63, 3.8) is 0 Å². The summed E-state index contributed by atoms with van der Waals surface area (Å²) < 4.78 is 0. The van der Waals surface area contributed by atoms with Crippen molar-refractivity contribution in [3.05, 3.63) is 42.0 Å². The Balaban J connectivity index is 2.74. The minimum Gasteiger partial charge on any atom is -0.0985 e. The van der Waals surface area contributed by atoms with E-state index in [2.05, 4.69) is 31.7 Å². The van der Waals surface area contributed by atoms with Crippen LogP contribution < -0.4 is 0 Å². The number of rotatable bonds is 3. The van der Waals surface area contributed by atoms with Crippen LogP contribution in [0.5, 0.6) is 0 Å². The minimum atomic E-state index is 1.12. The van der Waals surface area contributed by atoms with Gasteiger partial charge in [0.25, 0.3) is 0 Å². The number of benzene rings is 1. The molecule has 11 heavy (non-hydrogen) atoms. The van der Waals surface area contributed by atoms with Crippen molar-refractivity contribution in [2.24, 2.45) is 0 Å². The van der Waals surface area contributed by atoms with E-state index in [1.165, 1.54) is 12.0 Å². The van der Waals surface area contributed by atoms with Gasteiger partial charge in [-0.25, -0.2) is 0 Å². The van der Waals surface area contributed by atoms with Gasteiger partial charge in [0, 0.05) is 0 Å². The van der Waals surface area contributed by atoms with Crippen LogP contribution in [0.1, 0.15) is 24.5 Å². The Bertz CT molecular complexity index is 218. The summed E-state index contributed by atoms with van der Waals surface area (Å²) in [7, 11) is 0. The van der Waals surface area contributed by atoms with Crippen LogP contribution in [0.15, 0.2) is 24.8 Å². The third-order valence-corrected chi connectivity index (χ3v) is 1.66. The molecular formula is C11H13. The molecule has 0 heteroatoms. The maximum atomic E-state index is 3.69. The van der Waals surface area contributed by atoms with Gasteiger partial charge in [0.2, 0.25) is 0 Å². The van der Waals surface area contributed by atoms with Crippen molar-refractivity contribution in [1.82, 2.24) is 0 Å². The SMILES string of the molecule is C=Cc1c[c]c(CCC)cc1. The highest BCUT2D eigenvalue weighted by atomic mass is 13.9. The highest BCUT2D eigenvalue weighted by molar-refractivity contribution is 5.46. The predicted octanol–water partition coefficient (Wildman–Crippen LogP) is 3.08. The normalized spacial score (nSPS) is 9.55. The zero-order chi connectivity index (χ0) is 8.10. The highest BCUT2D eigenvalue weighted by Crippen LogP contribution is 2.06. The summed E-state index contributed by atoms with van der Waals surface area (Å²) in [5.74, 6) is 0. The molecule has 57 valence electrons. The average Bonchev–Trinajstić information content (AvgIpc) is 2.07. The van der Waals surface area contributed by atoms with E-state index in [1.54, 1.807) is 0 Å². The van der Waals surface area contributed by atoms with Gasteiger partial charge in [0.15, 0.2) is 0 Å². The monoisotopic (exact) mass is 145 g/mol. The second-order valence-electron chi connectivity index (χ2n) is 2.60. The van der Waals surface area contributed by atoms with Gasteiger partial charge in [-0.1, -0.05) is 38.1 Å². The first-order chi connectivity index (χ1) is 5.36. The Labute approximate surface area is 68.6 Å². The topological polar surface area (TPSA) is 0 Å². The van der Waals surface area contributed by atoms with Crippen LogP contribution in [0.2, 0.25) is 0 Å². The number of hydrogen-bond acceptors (Lipinski definition) is 0. The molecule has 1 aromatic carbocycles. The molecule has 0 aromatic heterocycles. The zero-order valence-corrected chi connectivity index (χ0v) is 6.93. The summed E-state index contributed by atoms with van der Waals surface area (Å²) in [4.78, 5) is 0. The summed E-state index contributed by atoms with van der Waals surface area (Å²) >= 11 is 0. The van der Waals surface area contributed by atoms with Gasteiger partial charge in [-0.05, 0) is 29.7 Å². The van der Waals surface area contributed by atoms with E-state index in [4.69, 9.17) is 0 Å². The zero-order valence-electron chi connectivity index (χ0n) is 6.93. The summed E-state index contributed by atoms with van der Waals surface area (Å²) in [5.41, 5.74) is 2.43. The lowest BCUT2D eigenvalue weighted by Crippen LogP contribution is -1.82. The lowest BCUT2D eigenvalue weighted by Gasteiger charge is -1.97. The Morgan fingerprint density at radius 1 is 1.55 bits per heavy atom. The molecule has 0 atom stereocenters. The maximum Gasteiger partial charge on any atom is -0.0143 e. The molecule has 0 nitrogen and oxygen atoms in total. The average molecular weight is 145 g/mol. The summed E-state index contributed by atoms with van der Waals surface area (Å²) in [5, 5.41) is 0.